The zero-order chi connectivity index (χ0) is 18.0. The zero-order valence-corrected chi connectivity index (χ0v) is 15.0. The van der Waals surface area contributed by atoms with Crippen molar-refractivity contribution in [3.05, 3.63) is 23.8 Å². The van der Waals surface area contributed by atoms with Crippen molar-refractivity contribution in [3.63, 3.8) is 0 Å². The molecule has 6 heteroatoms. The maximum atomic E-state index is 11.6. The van der Waals surface area contributed by atoms with E-state index in [0.717, 1.165) is 37.0 Å². The van der Waals surface area contributed by atoms with E-state index in [4.69, 9.17) is 15.2 Å². The minimum absolute atomic E-state index is 0.0663. The van der Waals surface area contributed by atoms with Gasteiger partial charge < -0.3 is 20.3 Å². The van der Waals surface area contributed by atoms with Crippen LogP contribution in [0, 0.1) is 5.92 Å². The molecule has 0 aromatic heterocycles. The van der Waals surface area contributed by atoms with Crippen molar-refractivity contribution in [1.82, 2.24) is 4.90 Å². The summed E-state index contributed by atoms with van der Waals surface area (Å²) in [6.45, 7) is 0.836. The molecule has 1 saturated heterocycles. The van der Waals surface area contributed by atoms with E-state index in [-0.39, 0.29) is 24.4 Å². The van der Waals surface area contributed by atoms with Crippen molar-refractivity contribution in [2.45, 2.75) is 43.7 Å². The number of methoxy groups -OCH3 is 2. The number of benzene rings is 1. The van der Waals surface area contributed by atoms with Gasteiger partial charge in [-0.2, -0.15) is 0 Å². The highest BCUT2D eigenvalue weighted by molar-refractivity contribution is 5.76. The first-order valence-corrected chi connectivity index (χ1v) is 8.95. The summed E-state index contributed by atoms with van der Waals surface area (Å²) < 4.78 is 10.9. The lowest BCUT2D eigenvalue weighted by molar-refractivity contribution is -0.136. The highest BCUT2D eigenvalue weighted by Crippen LogP contribution is 2.51. The number of primary amides is 1. The van der Waals surface area contributed by atoms with E-state index < -0.39 is 5.60 Å². The van der Waals surface area contributed by atoms with Crippen molar-refractivity contribution in [3.8, 4) is 11.5 Å². The van der Waals surface area contributed by atoms with Crippen molar-refractivity contribution >= 4 is 5.91 Å². The van der Waals surface area contributed by atoms with E-state index in [0.29, 0.717) is 18.7 Å². The number of piperidine rings is 1. The predicted molar refractivity (Wildman–Crippen MR) is 94.6 cm³/mol. The van der Waals surface area contributed by atoms with E-state index in [9.17, 15) is 9.90 Å². The Morgan fingerprint density at radius 3 is 2.80 bits per heavy atom. The first-order valence-electron chi connectivity index (χ1n) is 8.95. The molecule has 3 rings (SSSR count). The number of carbonyl (C=O) groups excluding carboxylic acids is 1. The van der Waals surface area contributed by atoms with E-state index in [1.54, 1.807) is 14.2 Å². The van der Waals surface area contributed by atoms with Gasteiger partial charge in [-0.05, 0) is 25.3 Å². The largest absolute Gasteiger partial charge is 0.497 e. The van der Waals surface area contributed by atoms with E-state index in [1.165, 1.54) is 0 Å². The van der Waals surface area contributed by atoms with Crippen LogP contribution in [0.5, 0.6) is 11.5 Å². The number of ether oxygens (including phenoxy) is 2. The second kappa shape index (κ2) is 7.22. The Hall–Kier alpha value is -1.79. The summed E-state index contributed by atoms with van der Waals surface area (Å²) in [5, 5.41) is 11.2. The molecule has 0 bridgehead atoms. The lowest BCUT2D eigenvalue weighted by Crippen LogP contribution is -2.56. The first kappa shape index (κ1) is 18.0. The molecule has 1 aromatic rings. The zero-order valence-electron chi connectivity index (χ0n) is 15.0. The fourth-order valence-electron chi connectivity index (χ4n) is 4.60. The summed E-state index contributed by atoms with van der Waals surface area (Å²) in [4.78, 5) is 13.7. The Morgan fingerprint density at radius 2 is 2.12 bits per heavy atom. The number of aliphatic hydroxyl groups is 1. The third-order valence-electron chi connectivity index (χ3n) is 5.79. The van der Waals surface area contributed by atoms with Gasteiger partial charge in [-0.3, -0.25) is 9.69 Å². The van der Waals surface area contributed by atoms with Crippen LogP contribution in [0.2, 0.25) is 0 Å². The number of nitrogens with zero attached hydrogens (tertiary/aromatic N) is 1. The number of nitrogens with two attached hydrogens (primary N) is 1. The van der Waals surface area contributed by atoms with Gasteiger partial charge >= 0.3 is 0 Å². The van der Waals surface area contributed by atoms with Gasteiger partial charge in [-0.25, -0.2) is 0 Å². The van der Waals surface area contributed by atoms with Crippen molar-refractivity contribution in [2.24, 2.45) is 11.7 Å². The second-order valence-corrected chi connectivity index (χ2v) is 7.20. The first-order chi connectivity index (χ1) is 12.0. The van der Waals surface area contributed by atoms with Gasteiger partial charge in [0.25, 0.3) is 0 Å². The highest BCUT2D eigenvalue weighted by atomic mass is 16.5. The average molecular weight is 348 g/mol. The molecule has 1 aromatic carbocycles. The molecule has 138 valence electrons. The summed E-state index contributed by atoms with van der Waals surface area (Å²) in [6.07, 6.45) is 4.57. The number of hydrogen-bond acceptors (Lipinski definition) is 5. The molecule has 3 atom stereocenters. The van der Waals surface area contributed by atoms with Crippen LogP contribution in [0.15, 0.2) is 18.2 Å². The lowest BCUT2D eigenvalue weighted by atomic mass is 9.66. The van der Waals surface area contributed by atoms with Crippen LogP contribution >= 0.6 is 0 Å². The molecule has 0 radical (unpaired) electrons. The molecule has 2 aliphatic rings. The second-order valence-electron chi connectivity index (χ2n) is 7.20. The van der Waals surface area contributed by atoms with Crippen LogP contribution in [0.4, 0.5) is 0 Å². The maximum Gasteiger partial charge on any atom is 0.231 e. The summed E-state index contributed by atoms with van der Waals surface area (Å²) >= 11 is 0. The third-order valence-corrected chi connectivity index (χ3v) is 5.79. The Bertz CT molecular complexity index is 636. The van der Waals surface area contributed by atoms with E-state index in [2.05, 4.69) is 4.90 Å². The van der Waals surface area contributed by atoms with Gasteiger partial charge in [0.15, 0.2) is 0 Å². The smallest absolute Gasteiger partial charge is 0.231 e. The summed E-state index contributed by atoms with van der Waals surface area (Å²) in [7, 11) is 3.25. The number of fused-ring (bicyclic) bond motifs is 1. The SMILES string of the molecule is COc1ccc([C@H]2C3CCCCC3(O)CCN2CC(N)=O)c(OC)c1. The molecule has 1 aliphatic carbocycles. The fourth-order valence-corrected chi connectivity index (χ4v) is 4.60. The van der Waals surface area contributed by atoms with Crippen molar-refractivity contribution in [1.29, 1.82) is 0 Å². The monoisotopic (exact) mass is 348 g/mol. The van der Waals surface area contributed by atoms with Crippen LogP contribution < -0.4 is 15.2 Å². The number of carbonyl (C=O) groups is 1. The normalized spacial score (nSPS) is 29.7. The maximum absolute atomic E-state index is 11.6. The van der Waals surface area contributed by atoms with Crippen LogP contribution in [0.3, 0.4) is 0 Å². The highest BCUT2D eigenvalue weighted by Gasteiger charge is 2.49. The molecule has 2 unspecified atom stereocenters. The number of likely N-dealkylation sites (tertiary alicyclic amines) is 1. The van der Waals surface area contributed by atoms with Gasteiger partial charge in [0.1, 0.15) is 11.5 Å². The van der Waals surface area contributed by atoms with Gasteiger partial charge in [0.05, 0.1) is 26.4 Å². The number of amides is 1. The minimum atomic E-state index is -0.679. The molecule has 0 spiro atoms. The van der Waals surface area contributed by atoms with Gasteiger partial charge in [0, 0.05) is 30.1 Å². The van der Waals surface area contributed by atoms with Crippen LogP contribution in [-0.4, -0.2) is 48.8 Å². The third kappa shape index (κ3) is 3.46. The quantitative estimate of drug-likeness (QED) is 0.848. The van der Waals surface area contributed by atoms with Crippen LogP contribution in [-0.2, 0) is 4.79 Å². The number of rotatable bonds is 5. The Balaban J connectivity index is 2.04. The van der Waals surface area contributed by atoms with Gasteiger partial charge in [-0.1, -0.05) is 18.9 Å². The topological polar surface area (TPSA) is 85.0 Å². The molecule has 1 heterocycles. The Morgan fingerprint density at radius 1 is 1.32 bits per heavy atom. The van der Waals surface area contributed by atoms with Crippen molar-refractivity contribution < 1.29 is 19.4 Å². The standard InChI is InChI=1S/C19H28N2O4/c1-24-13-6-7-14(16(11-13)25-2)18-15-5-3-4-8-19(15,23)9-10-21(18)12-17(20)22/h6-7,11,15,18,23H,3-5,8-10,12H2,1-2H3,(H2,20,22)/t15?,18-,19?/m0/s1. The van der Waals surface area contributed by atoms with Crippen molar-refractivity contribution in [2.75, 3.05) is 27.3 Å². The Kier molecular flexibility index (Phi) is 5.20. The molecule has 2 fully saturated rings. The molecular formula is C19H28N2O4. The van der Waals surface area contributed by atoms with Gasteiger partial charge in [0.2, 0.25) is 5.91 Å². The minimum Gasteiger partial charge on any atom is -0.497 e. The average Bonchev–Trinajstić information content (AvgIpc) is 2.61. The Labute approximate surface area is 148 Å². The molecule has 1 amide bonds. The van der Waals surface area contributed by atoms with E-state index in [1.807, 2.05) is 18.2 Å². The predicted octanol–water partition coefficient (Wildman–Crippen LogP) is 1.86. The molecule has 3 N–H and O–H groups in total. The van der Waals surface area contributed by atoms with Crippen LogP contribution in [0.25, 0.3) is 0 Å². The fraction of sp³-hybridized carbons (Fsp3) is 0.632. The lowest BCUT2D eigenvalue weighted by Gasteiger charge is -2.52. The molecule has 25 heavy (non-hydrogen) atoms. The van der Waals surface area contributed by atoms with Gasteiger partial charge in [-0.15, -0.1) is 0 Å². The molecule has 1 aliphatic heterocycles. The van der Waals surface area contributed by atoms with E-state index >= 15 is 0 Å². The summed E-state index contributed by atoms with van der Waals surface area (Å²) in [6, 6.07) is 5.65. The van der Waals surface area contributed by atoms with Crippen LogP contribution in [0.1, 0.15) is 43.7 Å². The molecule has 6 nitrogen and oxygen atoms in total. The summed E-state index contributed by atoms with van der Waals surface area (Å²) in [5.41, 5.74) is 5.79. The molecule has 1 saturated carbocycles. The number of hydrogen-bond donors (Lipinski definition) is 2. The molecular weight excluding hydrogens is 320 g/mol. The summed E-state index contributed by atoms with van der Waals surface area (Å²) in [5.74, 6) is 1.15.